The highest BCUT2D eigenvalue weighted by Crippen LogP contribution is 2.44. The molecule has 11 heteroatoms. The second-order valence-corrected chi connectivity index (χ2v) is 6.61. The van der Waals surface area contributed by atoms with Gasteiger partial charge in [0.2, 0.25) is 7.23 Å². The van der Waals surface area contributed by atoms with Crippen LogP contribution in [0.4, 0.5) is 4.39 Å². The van der Waals surface area contributed by atoms with Gasteiger partial charge >= 0.3 is 5.69 Å². The fourth-order valence-corrected chi connectivity index (χ4v) is 3.09. The van der Waals surface area contributed by atoms with Crippen LogP contribution in [-0.2, 0) is 13.8 Å². The van der Waals surface area contributed by atoms with E-state index in [0.29, 0.717) is 0 Å². The molecular formula is C10H14FN2O6PS. The summed E-state index contributed by atoms with van der Waals surface area (Å²) in [6, 6.07) is 1.03. The van der Waals surface area contributed by atoms with Crippen molar-refractivity contribution in [3.05, 3.63) is 33.1 Å². The van der Waals surface area contributed by atoms with Crippen molar-refractivity contribution in [3.63, 3.8) is 0 Å². The summed E-state index contributed by atoms with van der Waals surface area (Å²) < 4.78 is 36.7. The number of aliphatic hydroxyl groups excluding tert-OH is 1. The topological polar surface area (TPSA) is 111 Å². The number of aliphatic hydroxyl groups is 1. The Hall–Kier alpha value is -0.930. The largest absolute Gasteiger partial charge is 0.393 e. The Bertz CT molecular complexity index is 665. The van der Waals surface area contributed by atoms with Gasteiger partial charge in [-0.2, -0.15) is 0 Å². The van der Waals surface area contributed by atoms with Crippen LogP contribution in [0.3, 0.4) is 0 Å². The van der Waals surface area contributed by atoms with E-state index in [4.69, 9.17) is 9.26 Å². The maximum atomic E-state index is 14.5. The molecule has 0 aromatic carbocycles. The molecule has 0 amide bonds. The molecule has 0 aliphatic carbocycles. The molecule has 118 valence electrons. The zero-order chi connectivity index (χ0) is 15.8. The van der Waals surface area contributed by atoms with Crippen molar-refractivity contribution in [2.75, 3.05) is 6.61 Å². The number of halogens is 1. The molecule has 0 saturated carbocycles. The van der Waals surface area contributed by atoms with Gasteiger partial charge in [0, 0.05) is 12.3 Å². The Morgan fingerprint density at radius 1 is 1.67 bits per heavy atom. The molecule has 2 N–H and O–H groups in total. The van der Waals surface area contributed by atoms with E-state index in [1.54, 1.807) is 0 Å². The minimum atomic E-state index is -2.78. The first-order chi connectivity index (χ1) is 9.78. The van der Waals surface area contributed by atoms with Gasteiger partial charge in [0.15, 0.2) is 12.4 Å². The number of rotatable bonds is 4. The Balaban J connectivity index is 2.41. The van der Waals surface area contributed by atoms with E-state index < -0.39 is 49.2 Å². The van der Waals surface area contributed by atoms with E-state index in [9.17, 15) is 23.7 Å². The number of H-pyrrole nitrogens is 1. The third-order valence-electron chi connectivity index (χ3n) is 3.22. The molecule has 8 nitrogen and oxygen atoms in total. The molecular weight excluding hydrogens is 326 g/mol. The quantitative estimate of drug-likeness (QED) is 0.520. The van der Waals surface area contributed by atoms with Crippen molar-refractivity contribution in [1.82, 2.24) is 9.55 Å². The van der Waals surface area contributed by atoms with Gasteiger partial charge in [-0.05, 0) is 6.92 Å². The van der Waals surface area contributed by atoms with E-state index in [-0.39, 0.29) is 0 Å². The molecule has 0 bridgehead atoms. The lowest BCUT2D eigenvalue weighted by Crippen LogP contribution is -2.43. The van der Waals surface area contributed by atoms with Crippen molar-refractivity contribution >= 4 is 19.5 Å². The summed E-state index contributed by atoms with van der Waals surface area (Å²) in [5.41, 5.74) is -3.00. The van der Waals surface area contributed by atoms with Crippen LogP contribution in [0.2, 0.25) is 0 Å². The Labute approximate surface area is 123 Å². The Kier molecular flexibility index (Phi) is 4.74. The predicted octanol–water partition coefficient (Wildman–Crippen LogP) is -0.141. The smallest absolute Gasteiger partial charge is 0.330 e. The Morgan fingerprint density at radius 2 is 2.33 bits per heavy atom. The number of alkyl halides is 1. The number of aromatic amines is 1. The number of hydrogen-bond acceptors (Lipinski definition) is 6. The Morgan fingerprint density at radius 3 is 2.86 bits per heavy atom. The number of ether oxygens (including phenoxy) is 1. The van der Waals surface area contributed by atoms with Crippen LogP contribution in [0.15, 0.2) is 21.9 Å². The summed E-state index contributed by atoms with van der Waals surface area (Å²) >= 11 is 3.59. The van der Waals surface area contributed by atoms with Gasteiger partial charge in [-0.25, -0.2) is 9.18 Å². The second-order valence-electron chi connectivity index (χ2n) is 4.75. The third-order valence-corrected chi connectivity index (χ3v) is 3.99. The van der Waals surface area contributed by atoms with Crippen LogP contribution in [0.25, 0.3) is 0 Å². The van der Waals surface area contributed by atoms with Crippen molar-refractivity contribution in [2.24, 2.45) is 0 Å². The van der Waals surface area contributed by atoms with Crippen LogP contribution in [0, 0.1) is 0 Å². The molecule has 1 saturated heterocycles. The maximum absolute atomic E-state index is 14.5. The minimum absolute atomic E-state index is 0.615. The monoisotopic (exact) mass is 340 g/mol. The van der Waals surface area contributed by atoms with Crippen LogP contribution >= 0.6 is 19.5 Å². The van der Waals surface area contributed by atoms with Gasteiger partial charge in [-0.3, -0.25) is 18.9 Å². The van der Waals surface area contributed by atoms with Gasteiger partial charge in [0.1, 0.15) is 11.7 Å². The highest BCUT2D eigenvalue weighted by molar-refractivity contribution is 8.39. The minimum Gasteiger partial charge on any atom is -0.393 e. The first kappa shape index (κ1) is 16.4. The third kappa shape index (κ3) is 3.14. The molecule has 2 unspecified atom stereocenters. The lowest BCUT2D eigenvalue weighted by molar-refractivity contribution is -0.112. The fourth-order valence-electron chi connectivity index (χ4n) is 2.16. The van der Waals surface area contributed by atoms with Crippen molar-refractivity contribution in [1.29, 1.82) is 0 Å². The van der Waals surface area contributed by atoms with Crippen LogP contribution in [0.5, 0.6) is 0 Å². The lowest BCUT2D eigenvalue weighted by atomic mass is 9.99. The predicted molar refractivity (Wildman–Crippen MR) is 74.7 cm³/mol. The van der Waals surface area contributed by atoms with E-state index in [1.165, 1.54) is 6.92 Å². The fraction of sp³-hybridized carbons (Fsp3) is 0.600. The normalized spacial score (nSPS) is 34.0. The van der Waals surface area contributed by atoms with Crippen molar-refractivity contribution in [2.45, 2.75) is 31.0 Å². The van der Waals surface area contributed by atoms with Crippen molar-refractivity contribution < 1.29 is 23.3 Å². The van der Waals surface area contributed by atoms with Gasteiger partial charge in [-0.1, -0.05) is 12.2 Å². The average molecular weight is 340 g/mol. The van der Waals surface area contributed by atoms with Crippen molar-refractivity contribution in [3.8, 4) is 0 Å². The first-order valence-electron chi connectivity index (χ1n) is 5.92. The zero-order valence-corrected chi connectivity index (χ0v) is 12.7. The molecule has 1 aliphatic heterocycles. The molecule has 0 spiro atoms. The number of nitrogens with one attached hydrogen (secondary N) is 1. The van der Waals surface area contributed by atoms with Gasteiger partial charge in [0.25, 0.3) is 5.56 Å². The van der Waals surface area contributed by atoms with E-state index in [1.807, 2.05) is 4.98 Å². The molecule has 0 radical (unpaired) electrons. The standard InChI is InChI=1S/C10H14FN2O6PS/c1-10(4-14)7(19-20(17)21)6(11)8(18-10)13-3-2-5(15)12-9(13)16/h2-3,6-8,14,20H,4H2,1H3,(H,17,21)(H,12,15,16)/t6-,7?,8+,10+/m0/s1. The second kappa shape index (κ2) is 6.05. The summed E-state index contributed by atoms with van der Waals surface area (Å²) in [5.74, 6) is 0. The number of nitrogens with zero attached hydrogens (tertiary/aromatic N) is 1. The summed E-state index contributed by atoms with van der Waals surface area (Å²) in [6.07, 6.45) is -3.60. The van der Waals surface area contributed by atoms with Crippen LogP contribution < -0.4 is 11.2 Å². The van der Waals surface area contributed by atoms with Gasteiger partial charge in [0.05, 0.1) is 6.61 Å². The highest BCUT2D eigenvalue weighted by atomic mass is 32.7. The summed E-state index contributed by atoms with van der Waals surface area (Å²) in [6.45, 7) is 0.745. The maximum Gasteiger partial charge on any atom is 0.330 e. The molecule has 21 heavy (non-hydrogen) atoms. The molecule has 1 aliphatic rings. The van der Waals surface area contributed by atoms with E-state index >= 15 is 0 Å². The average Bonchev–Trinajstić information content (AvgIpc) is 2.64. The SMILES string of the molecule is C[C@]1(CO)O[C@@H](n2ccc(=O)[nH]c2=O)[C@@H](F)C1O[PH](=O)S. The van der Waals surface area contributed by atoms with Gasteiger partial charge in [-0.15, -0.1) is 0 Å². The van der Waals surface area contributed by atoms with Crippen LogP contribution in [0.1, 0.15) is 13.2 Å². The van der Waals surface area contributed by atoms with E-state index in [0.717, 1.165) is 16.8 Å². The van der Waals surface area contributed by atoms with Gasteiger partial charge < -0.3 is 14.4 Å². The molecule has 5 atom stereocenters. The summed E-state index contributed by atoms with van der Waals surface area (Å²) in [7, 11) is -2.78. The summed E-state index contributed by atoms with van der Waals surface area (Å²) in [4.78, 5) is 24.7. The molecule has 2 rings (SSSR count). The molecule has 2 heterocycles. The summed E-state index contributed by atoms with van der Waals surface area (Å²) in [5, 5.41) is 9.37. The number of aromatic nitrogens is 2. The molecule has 1 aromatic heterocycles. The lowest BCUT2D eigenvalue weighted by Gasteiger charge is -2.27. The highest BCUT2D eigenvalue weighted by Gasteiger charge is 2.55. The van der Waals surface area contributed by atoms with E-state index in [2.05, 4.69) is 12.2 Å². The number of thiol groups is 1. The number of hydrogen-bond donors (Lipinski definition) is 3. The molecule has 1 aromatic rings. The molecule has 1 fully saturated rings. The zero-order valence-electron chi connectivity index (χ0n) is 10.9. The van der Waals surface area contributed by atoms with Crippen LogP contribution in [-0.4, -0.2) is 39.1 Å². The first-order valence-corrected chi connectivity index (χ1v) is 8.53.